The molecule has 1 N–H and O–H groups in total. The van der Waals surface area contributed by atoms with Crippen LogP contribution in [-0.4, -0.2) is 30.2 Å². The van der Waals surface area contributed by atoms with Crippen LogP contribution in [0.4, 0.5) is 0 Å². The van der Waals surface area contributed by atoms with Gasteiger partial charge in [0.1, 0.15) is 0 Å². The summed E-state index contributed by atoms with van der Waals surface area (Å²) >= 11 is 0. The lowest BCUT2D eigenvalue weighted by Crippen LogP contribution is -2.22. The number of nitrogens with zero attached hydrogens (tertiary/aromatic N) is 1. The highest BCUT2D eigenvalue weighted by atomic mass is 16.2. The van der Waals surface area contributed by atoms with E-state index in [1.165, 1.54) is 22.3 Å². The van der Waals surface area contributed by atoms with Gasteiger partial charge in [0, 0.05) is 24.4 Å². The normalized spacial score (nSPS) is 23.1. The van der Waals surface area contributed by atoms with Crippen LogP contribution in [0.2, 0.25) is 0 Å². The van der Waals surface area contributed by atoms with Gasteiger partial charge in [-0.2, -0.15) is 0 Å². The number of rotatable bonds is 5. The fourth-order valence-corrected chi connectivity index (χ4v) is 4.72. The molecule has 4 rings (SSSR count). The maximum Gasteiger partial charge on any atom is 0.0618 e. The largest absolute Gasteiger partial charge is 0.392 e. The quantitative estimate of drug-likeness (QED) is 0.672. The van der Waals surface area contributed by atoms with Crippen LogP contribution in [0.25, 0.3) is 5.57 Å². The minimum Gasteiger partial charge on any atom is -0.392 e. The number of hydrogen-bond acceptors (Lipinski definition) is 2. The van der Waals surface area contributed by atoms with Gasteiger partial charge in [-0.05, 0) is 29.3 Å². The SMILES string of the molecule is CN1C[C@@H](c2ccccc2)[C@H](/C(=C/CO)c2ccccc2)[C@H]1c1ccccc1. The van der Waals surface area contributed by atoms with Gasteiger partial charge in [-0.15, -0.1) is 0 Å². The standard InChI is InChI=1S/C26H27NO/c1-27-19-24(21-13-7-3-8-14-21)25(26(27)22-15-9-4-10-16-22)23(17-18-28)20-11-5-2-6-12-20/h2-17,24-26,28H,18-19H2,1H3/b23-17+/t24-,25-,26+/m0/s1. The summed E-state index contributed by atoms with van der Waals surface area (Å²) in [6.45, 7) is 1.04. The van der Waals surface area contributed by atoms with Crippen LogP contribution < -0.4 is 0 Å². The molecule has 0 amide bonds. The van der Waals surface area contributed by atoms with E-state index in [9.17, 15) is 5.11 Å². The van der Waals surface area contributed by atoms with Gasteiger partial charge in [-0.3, -0.25) is 4.90 Å². The van der Waals surface area contributed by atoms with E-state index >= 15 is 0 Å². The van der Waals surface area contributed by atoms with Crippen molar-refractivity contribution in [2.75, 3.05) is 20.2 Å². The van der Waals surface area contributed by atoms with Gasteiger partial charge < -0.3 is 5.11 Å². The number of likely N-dealkylation sites (tertiary alicyclic amines) is 1. The van der Waals surface area contributed by atoms with Crippen LogP contribution in [0.15, 0.2) is 97.1 Å². The predicted molar refractivity (Wildman–Crippen MR) is 116 cm³/mol. The van der Waals surface area contributed by atoms with Crippen LogP contribution >= 0.6 is 0 Å². The Bertz CT molecular complexity index is 905. The van der Waals surface area contributed by atoms with Crippen LogP contribution in [0.5, 0.6) is 0 Å². The molecule has 1 heterocycles. The molecule has 0 spiro atoms. The highest BCUT2D eigenvalue weighted by Crippen LogP contribution is 2.50. The lowest BCUT2D eigenvalue weighted by Gasteiger charge is -2.30. The average molecular weight is 370 g/mol. The maximum absolute atomic E-state index is 9.85. The first kappa shape index (κ1) is 18.7. The van der Waals surface area contributed by atoms with E-state index in [4.69, 9.17) is 0 Å². The zero-order valence-electron chi connectivity index (χ0n) is 16.3. The molecule has 1 fully saturated rings. The Morgan fingerprint density at radius 2 is 1.39 bits per heavy atom. The topological polar surface area (TPSA) is 23.5 Å². The van der Waals surface area contributed by atoms with Gasteiger partial charge in [0.05, 0.1) is 6.61 Å². The Balaban J connectivity index is 1.86. The number of hydrogen-bond donors (Lipinski definition) is 1. The lowest BCUT2D eigenvalue weighted by atomic mass is 9.76. The third kappa shape index (κ3) is 3.66. The van der Waals surface area contributed by atoms with Crippen LogP contribution in [0.1, 0.15) is 28.7 Å². The second-order valence-electron chi connectivity index (χ2n) is 7.55. The molecule has 2 heteroatoms. The Kier molecular flexibility index (Phi) is 5.70. The van der Waals surface area contributed by atoms with Crippen molar-refractivity contribution in [1.29, 1.82) is 0 Å². The fourth-order valence-electron chi connectivity index (χ4n) is 4.72. The number of benzene rings is 3. The third-order valence-corrected chi connectivity index (χ3v) is 5.88. The van der Waals surface area contributed by atoms with Gasteiger partial charge in [0.25, 0.3) is 0 Å². The molecule has 2 nitrogen and oxygen atoms in total. The van der Waals surface area contributed by atoms with Crippen molar-refractivity contribution < 1.29 is 5.11 Å². The lowest BCUT2D eigenvalue weighted by molar-refractivity contribution is 0.298. The molecule has 0 radical (unpaired) electrons. The number of aliphatic hydroxyl groups is 1. The Morgan fingerprint density at radius 1 is 0.857 bits per heavy atom. The van der Waals surface area contributed by atoms with E-state index in [0.29, 0.717) is 5.92 Å². The van der Waals surface area contributed by atoms with Gasteiger partial charge in [0.2, 0.25) is 0 Å². The van der Waals surface area contributed by atoms with Gasteiger partial charge in [-0.1, -0.05) is 97.1 Å². The summed E-state index contributed by atoms with van der Waals surface area (Å²) in [6.07, 6.45) is 2.00. The van der Waals surface area contributed by atoms with E-state index in [1.54, 1.807) is 0 Å². The van der Waals surface area contributed by atoms with E-state index in [0.717, 1.165) is 6.54 Å². The summed E-state index contributed by atoms with van der Waals surface area (Å²) in [5, 5.41) is 9.85. The van der Waals surface area contributed by atoms with Crippen molar-refractivity contribution in [3.05, 3.63) is 114 Å². The molecular weight excluding hydrogens is 342 g/mol. The highest BCUT2D eigenvalue weighted by molar-refractivity contribution is 5.70. The molecule has 1 aliphatic heterocycles. The van der Waals surface area contributed by atoms with Gasteiger partial charge >= 0.3 is 0 Å². The van der Waals surface area contributed by atoms with E-state index in [2.05, 4.69) is 96.9 Å². The zero-order chi connectivity index (χ0) is 19.3. The molecule has 28 heavy (non-hydrogen) atoms. The van der Waals surface area contributed by atoms with Crippen molar-refractivity contribution >= 4 is 5.57 Å². The molecule has 3 aromatic rings. The first-order valence-electron chi connectivity index (χ1n) is 9.96. The first-order valence-corrected chi connectivity index (χ1v) is 9.96. The first-order chi connectivity index (χ1) is 13.8. The summed E-state index contributed by atoms with van der Waals surface area (Å²) in [7, 11) is 2.22. The minimum absolute atomic E-state index is 0.0491. The Labute approximate surface area is 167 Å². The minimum atomic E-state index is 0.0491. The molecule has 3 aromatic carbocycles. The molecule has 1 saturated heterocycles. The van der Waals surface area contributed by atoms with Gasteiger partial charge in [0.15, 0.2) is 0 Å². The van der Waals surface area contributed by atoms with Gasteiger partial charge in [-0.25, -0.2) is 0 Å². The number of aliphatic hydroxyl groups excluding tert-OH is 1. The van der Waals surface area contributed by atoms with E-state index in [-0.39, 0.29) is 18.6 Å². The molecule has 1 aliphatic rings. The number of likely N-dealkylation sites (N-methyl/N-ethyl adjacent to an activating group) is 1. The Morgan fingerprint density at radius 3 is 1.96 bits per heavy atom. The van der Waals surface area contributed by atoms with Crippen LogP contribution in [0, 0.1) is 5.92 Å². The highest BCUT2D eigenvalue weighted by Gasteiger charge is 2.43. The average Bonchev–Trinajstić information content (AvgIpc) is 3.10. The summed E-state index contributed by atoms with van der Waals surface area (Å²) < 4.78 is 0. The predicted octanol–water partition coefficient (Wildman–Crippen LogP) is 5.15. The van der Waals surface area contributed by atoms with Crippen LogP contribution in [-0.2, 0) is 0 Å². The third-order valence-electron chi connectivity index (χ3n) is 5.88. The van der Waals surface area contributed by atoms with Crippen LogP contribution in [0.3, 0.4) is 0 Å². The smallest absolute Gasteiger partial charge is 0.0618 e. The summed E-state index contributed by atoms with van der Waals surface area (Å²) in [5.74, 6) is 0.638. The second-order valence-corrected chi connectivity index (χ2v) is 7.55. The maximum atomic E-state index is 9.85. The fraction of sp³-hybridized carbons (Fsp3) is 0.231. The molecule has 142 valence electrons. The van der Waals surface area contributed by atoms with Crippen molar-refractivity contribution in [2.45, 2.75) is 12.0 Å². The van der Waals surface area contributed by atoms with Crippen molar-refractivity contribution in [3.8, 4) is 0 Å². The molecular formula is C26H27NO. The summed E-state index contributed by atoms with van der Waals surface area (Å²) in [6, 6.07) is 32.3. The zero-order valence-corrected chi connectivity index (χ0v) is 16.3. The van der Waals surface area contributed by atoms with E-state index < -0.39 is 0 Å². The molecule has 0 bridgehead atoms. The van der Waals surface area contributed by atoms with Crippen molar-refractivity contribution in [2.24, 2.45) is 5.92 Å². The molecule has 0 aromatic heterocycles. The molecule has 0 aliphatic carbocycles. The van der Waals surface area contributed by atoms with Crippen molar-refractivity contribution in [3.63, 3.8) is 0 Å². The molecule has 3 atom stereocenters. The summed E-state index contributed by atoms with van der Waals surface area (Å²) in [5.41, 5.74) is 5.11. The van der Waals surface area contributed by atoms with E-state index in [1.807, 2.05) is 12.1 Å². The van der Waals surface area contributed by atoms with Crippen molar-refractivity contribution in [1.82, 2.24) is 4.90 Å². The summed E-state index contributed by atoms with van der Waals surface area (Å²) in [4.78, 5) is 2.46. The molecule has 0 unspecified atom stereocenters. The monoisotopic (exact) mass is 369 g/mol. The molecule has 0 saturated carbocycles. The second kappa shape index (κ2) is 8.55. The Hall–Kier alpha value is -2.68.